The third-order valence-corrected chi connectivity index (χ3v) is 5.65. The Balaban J connectivity index is 2.40. The van der Waals surface area contributed by atoms with Crippen LogP contribution in [0.2, 0.25) is 0 Å². The van der Waals surface area contributed by atoms with E-state index in [0.717, 1.165) is 24.5 Å². The van der Waals surface area contributed by atoms with Crippen molar-refractivity contribution in [2.75, 3.05) is 19.3 Å². The van der Waals surface area contributed by atoms with Crippen LogP contribution in [0.4, 0.5) is 4.39 Å². The Labute approximate surface area is 117 Å². The fourth-order valence-corrected chi connectivity index (χ4v) is 4.05. The molecule has 1 aromatic carbocycles. The zero-order valence-electron chi connectivity index (χ0n) is 10.8. The maximum absolute atomic E-state index is 13.7. The van der Waals surface area contributed by atoms with Gasteiger partial charge < -0.3 is 5.32 Å². The lowest BCUT2D eigenvalue weighted by molar-refractivity contribution is 0.541. The molecular formula is C11H15FN2O4S2. The minimum Gasteiger partial charge on any atom is -0.315 e. The van der Waals surface area contributed by atoms with E-state index >= 15 is 0 Å². The quantitative estimate of drug-likeness (QED) is 0.753. The number of sulfonamides is 1. The minimum absolute atomic E-state index is 0.233. The highest BCUT2D eigenvalue weighted by Gasteiger charge is 2.26. The van der Waals surface area contributed by atoms with E-state index in [4.69, 9.17) is 0 Å². The van der Waals surface area contributed by atoms with Crippen LogP contribution in [0, 0.1) is 5.82 Å². The van der Waals surface area contributed by atoms with Crippen molar-refractivity contribution in [2.45, 2.75) is 22.3 Å². The summed E-state index contributed by atoms with van der Waals surface area (Å²) < 4.78 is 63.1. The Hall–Kier alpha value is -1.03. The number of benzene rings is 1. The summed E-state index contributed by atoms with van der Waals surface area (Å²) >= 11 is 0. The largest absolute Gasteiger partial charge is 0.315 e. The molecule has 112 valence electrons. The molecule has 1 atom stereocenters. The molecule has 2 rings (SSSR count). The number of hydrogen-bond acceptors (Lipinski definition) is 5. The van der Waals surface area contributed by atoms with Gasteiger partial charge in [-0.1, -0.05) is 0 Å². The predicted octanol–water partition coefficient (Wildman–Crippen LogP) is -0.131. The molecule has 20 heavy (non-hydrogen) atoms. The van der Waals surface area contributed by atoms with Gasteiger partial charge in [-0.05, 0) is 31.2 Å². The summed E-state index contributed by atoms with van der Waals surface area (Å²) in [6, 6.07) is 2.41. The Morgan fingerprint density at radius 1 is 1.30 bits per heavy atom. The van der Waals surface area contributed by atoms with Gasteiger partial charge in [-0.15, -0.1) is 0 Å². The number of hydrogen-bond donors (Lipinski definition) is 2. The molecular weight excluding hydrogens is 307 g/mol. The van der Waals surface area contributed by atoms with E-state index in [9.17, 15) is 21.2 Å². The SMILES string of the molecule is CS(=O)(=O)c1ccc(F)c(S(=O)(=O)N[C@H]2CCNC2)c1. The first-order valence-corrected chi connectivity index (χ1v) is 9.30. The maximum Gasteiger partial charge on any atom is 0.243 e. The molecule has 1 aliphatic rings. The first kappa shape index (κ1) is 15.4. The van der Waals surface area contributed by atoms with Gasteiger partial charge in [0.15, 0.2) is 9.84 Å². The molecule has 0 unspecified atom stereocenters. The second kappa shape index (κ2) is 5.40. The average molecular weight is 322 g/mol. The van der Waals surface area contributed by atoms with Crippen molar-refractivity contribution in [1.29, 1.82) is 0 Å². The van der Waals surface area contributed by atoms with Gasteiger partial charge in [-0.25, -0.2) is 25.9 Å². The zero-order valence-corrected chi connectivity index (χ0v) is 12.4. The average Bonchev–Trinajstić information content (AvgIpc) is 2.79. The monoisotopic (exact) mass is 322 g/mol. The van der Waals surface area contributed by atoms with Crippen molar-refractivity contribution in [2.24, 2.45) is 0 Å². The molecule has 1 fully saturated rings. The van der Waals surface area contributed by atoms with Crippen molar-refractivity contribution in [1.82, 2.24) is 10.0 Å². The zero-order chi connectivity index (χ0) is 15.0. The lowest BCUT2D eigenvalue weighted by Gasteiger charge is -2.13. The molecule has 2 N–H and O–H groups in total. The summed E-state index contributed by atoms with van der Waals surface area (Å²) in [7, 11) is -7.69. The van der Waals surface area contributed by atoms with Gasteiger partial charge in [0.2, 0.25) is 10.0 Å². The van der Waals surface area contributed by atoms with Gasteiger partial charge in [0, 0.05) is 18.8 Å². The van der Waals surface area contributed by atoms with Gasteiger partial charge in [0.1, 0.15) is 10.7 Å². The summed E-state index contributed by atoms with van der Waals surface area (Å²) in [5.74, 6) is -0.976. The second-order valence-electron chi connectivity index (χ2n) is 4.68. The van der Waals surface area contributed by atoms with Gasteiger partial charge in [0.25, 0.3) is 0 Å². The Morgan fingerprint density at radius 2 is 2.00 bits per heavy atom. The number of nitrogens with one attached hydrogen (secondary N) is 2. The highest BCUT2D eigenvalue weighted by Crippen LogP contribution is 2.20. The Morgan fingerprint density at radius 3 is 2.55 bits per heavy atom. The molecule has 0 aliphatic carbocycles. The van der Waals surface area contributed by atoms with E-state index in [0.29, 0.717) is 19.5 Å². The molecule has 0 spiro atoms. The predicted molar refractivity (Wildman–Crippen MR) is 71.1 cm³/mol. The van der Waals surface area contributed by atoms with E-state index < -0.39 is 30.6 Å². The summed E-state index contributed by atoms with van der Waals surface area (Å²) in [4.78, 5) is -0.879. The third kappa shape index (κ3) is 3.35. The summed E-state index contributed by atoms with van der Waals surface area (Å²) in [6.07, 6.45) is 1.54. The van der Waals surface area contributed by atoms with Gasteiger partial charge in [-0.3, -0.25) is 0 Å². The fourth-order valence-electron chi connectivity index (χ4n) is 1.96. The molecule has 0 saturated carbocycles. The molecule has 1 aromatic rings. The molecule has 1 heterocycles. The normalized spacial score (nSPS) is 20.2. The van der Waals surface area contributed by atoms with Crippen LogP contribution < -0.4 is 10.0 Å². The van der Waals surface area contributed by atoms with Crippen LogP contribution in [0.1, 0.15) is 6.42 Å². The number of sulfone groups is 1. The lowest BCUT2D eigenvalue weighted by Crippen LogP contribution is -2.36. The number of rotatable bonds is 4. The van der Waals surface area contributed by atoms with E-state index in [1.165, 1.54) is 0 Å². The lowest BCUT2D eigenvalue weighted by atomic mass is 10.3. The van der Waals surface area contributed by atoms with Crippen LogP contribution in [0.3, 0.4) is 0 Å². The molecule has 0 bridgehead atoms. The van der Waals surface area contributed by atoms with E-state index in [1.54, 1.807) is 0 Å². The fraction of sp³-hybridized carbons (Fsp3) is 0.455. The van der Waals surface area contributed by atoms with Crippen LogP contribution in [0.5, 0.6) is 0 Å². The van der Waals surface area contributed by atoms with Crippen LogP contribution in [-0.2, 0) is 19.9 Å². The van der Waals surface area contributed by atoms with Crippen LogP contribution in [0.25, 0.3) is 0 Å². The highest BCUT2D eigenvalue weighted by molar-refractivity contribution is 7.91. The van der Waals surface area contributed by atoms with Crippen molar-refractivity contribution < 1.29 is 21.2 Å². The summed E-state index contributed by atoms with van der Waals surface area (Å²) in [5, 5.41) is 2.98. The molecule has 6 nitrogen and oxygen atoms in total. The van der Waals surface area contributed by atoms with Crippen LogP contribution in [-0.4, -0.2) is 42.2 Å². The smallest absolute Gasteiger partial charge is 0.243 e. The van der Waals surface area contributed by atoms with E-state index in [1.807, 2.05) is 0 Å². The van der Waals surface area contributed by atoms with Gasteiger partial charge >= 0.3 is 0 Å². The van der Waals surface area contributed by atoms with Crippen molar-refractivity contribution in [3.05, 3.63) is 24.0 Å². The molecule has 1 aliphatic heterocycles. The molecule has 1 saturated heterocycles. The minimum atomic E-state index is -4.09. The highest BCUT2D eigenvalue weighted by atomic mass is 32.2. The van der Waals surface area contributed by atoms with Crippen molar-refractivity contribution in [3.8, 4) is 0 Å². The summed E-state index contributed by atoms with van der Waals surface area (Å²) in [5.41, 5.74) is 0. The standard InChI is InChI=1S/C11H15FN2O4S2/c1-19(15,16)9-2-3-10(12)11(6-9)20(17,18)14-8-4-5-13-7-8/h2-3,6,8,13-14H,4-5,7H2,1H3/t8-/m0/s1. The Bertz CT molecular complexity index is 710. The maximum atomic E-state index is 13.7. The molecule has 0 aromatic heterocycles. The third-order valence-electron chi connectivity index (χ3n) is 3.00. The molecule has 0 radical (unpaired) electrons. The van der Waals surface area contributed by atoms with Crippen LogP contribution in [0.15, 0.2) is 28.0 Å². The molecule has 0 amide bonds. The molecule has 9 heteroatoms. The van der Waals surface area contributed by atoms with Crippen molar-refractivity contribution >= 4 is 19.9 Å². The van der Waals surface area contributed by atoms with Gasteiger partial charge in [-0.2, -0.15) is 0 Å². The van der Waals surface area contributed by atoms with E-state index in [2.05, 4.69) is 10.0 Å². The second-order valence-corrected chi connectivity index (χ2v) is 8.37. The topological polar surface area (TPSA) is 92.3 Å². The van der Waals surface area contributed by atoms with E-state index in [-0.39, 0.29) is 10.9 Å². The first-order valence-electron chi connectivity index (χ1n) is 5.93. The Kier molecular flexibility index (Phi) is 4.14. The van der Waals surface area contributed by atoms with Gasteiger partial charge in [0.05, 0.1) is 4.90 Å². The van der Waals surface area contributed by atoms with Crippen LogP contribution >= 0.6 is 0 Å². The van der Waals surface area contributed by atoms with Crippen molar-refractivity contribution in [3.63, 3.8) is 0 Å². The summed E-state index contributed by atoms with van der Waals surface area (Å²) in [6.45, 7) is 1.14. The first-order chi connectivity index (χ1) is 9.20. The number of halogens is 1.